The van der Waals surface area contributed by atoms with E-state index in [-0.39, 0.29) is 23.8 Å². The van der Waals surface area contributed by atoms with Gasteiger partial charge in [0.05, 0.1) is 5.75 Å². The summed E-state index contributed by atoms with van der Waals surface area (Å²) in [6.07, 6.45) is 1.68. The van der Waals surface area contributed by atoms with Crippen LogP contribution in [-0.2, 0) is 16.4 Å². The zero-order valence-electron chi connectivity index (χ0n) is 8.26. The normalized spacial score (nSPS) is 11.6. The van der Waals surface area contributed by atoms with E-state index >= 15 is 0 Å². The molecule has 0 saturated heterocycles. The van der Waals surface area contributed by atoms with Gasteiger partial charge in [0, 0.05) is 19.3 Å². The number of rotatable bonds is 5. The molecule has 5 nitrogen and oxygen atoms in total. The van der Waals surface area contributed by atoms with Crippen LogP contribution in [0.4, 0.5) is 0 Å². The minimum Gasteiger partial charge on any atom is -0.396 e. The molecule has 15 heavy (non-hydrogen) atoms. The fraction of sp³-hybridized carbons (Fsp3) is 0.444. The molecule has 0 aliphatic carbocycles. The first-order valence-electron chi connectivity index (χ1n) is 4.59. The zero-order chi connectivity index (χ0) is 11.3. The van der Waals surface area contributed by atoms with Crippen LogP contribution in [0.25, 0.3) is 0 Å². The molecular weight excluding hydrogens is 216 g/mol. The average Bonchev–Trinajstić information content (AvgIpc) is 2.26. The maximum absolute atomic E-state index is 11.6. The van der Waals surface area contributed by atoms with Crippen molar-refractivity contribution in [2.24, 2.45) is 5.73 Å². The molecule has 0 atom stereocenters. The van der Waals surface area contributed by atoms with Gasteiger partial charge in [0.2, 0.25) is 0 Å². The van der Waals surface area contributed by atoms with Gasteiger partial charge in [-0.1, -0.05) is 6.07 Å². The third kappa shape index (κ3) is 3.26. The van der Waals surface area contributed by atoms with E-state index in [9.17, 15) is 8.42 Å². The molecule has 0 radical (unpaired) electrons. The van der Waals surface area contributed by atoms with Gasteiger partial charge in [-0.05, 0) is 18.1 Å². The van der Waals surface area contributed by atoms with Crippen molar-refractivity contribution in [3.05, 3.63) is 23.9 Å². The molecule has 0 aliphatic heterocycles. The lowest BCUT2D eigenvalue weighted by atomic mass is 10.3. The van der Waals surface area contributed by atoms with E-state index in [1.54, 1.807) is 6.07 Å². The van der Waals surface area contributed by atoms with Gasteiger partial charge in [0.15, 0.2) is 14.9 Å². The minimum absolute atomic E-state index is 0.0353. The summed E-state index contributed by atoms with van der Waals surface area (Å²) in [5.41, 5.74) is 6.15. The smallest absolute Gasteiger partial charge is 0.195 e. The Balaban J connectivity index is 2.86. The molecule has 1 aromatic rings. The van der Waals surface area contributed by atoms with Gasteiger partial charge < -0.3 is 10.8 Å². The monoisotopic (exact) mass is 230 g/mol. The first-order valence-corrected chi connectivity index (χ1v) is 6.24. The van der Waals surface area contributed by atoms with Crippen LogP contribution in [0.3, 0.4) is 0 Å². The summed E-state index contributed by atoms with van der Waals surface area (Å²) in [7, 11) is -3.36. The number of hydrogen-bond acceptors (Lipinski definition) is 5. The molecule has 0 aliphatic rings. The maximum Gasteiger partial charge on any atom is 0.195 e. The highest BCUT2D eigenvalue weighted by Crippen LogP contribution is 2.09. The molecule has 1 heterocycles. The first-order chi connectivity index (χ1) is 7.10. The lowest BCUT2D eigenvalue weighted by Gasteiger charge is -2.03. The molecule has 0 aromatic carbocycles. The van der Waals surface area contributed by atoms with E-state index < -0.39 is 9.84 Å². The Kier molecular flexibility index (Phi) is 4.19. The highest BCUT2D eigenvalue weighted by molar-refractivity contribution is 7.91. The first kappa shape index (κ1) is 12.1. The number of aliphatic hydroxyl groups is 1. The van der Waals surface area contributed by atoms with Crippen LogP contribution >= 0.6 is 0 Å². The molecule has 84 valence electrons. The lowest BCUT2D eigenvalue weighted by Crippen LogP contribution is -2.10. The molecule has 0 bridgehead atoms. The van der Waals surface area contributed by atoms with Crippen LogP contribution in [0.2, 0.25) is 0 Å². The highest BCUT2D eigenvalue weighted by Gasteiger charge is 2.14. The highest BCUT2D eigenvalue weighted by atomic mass is 32.2. The number of sulfone groups is 1. The van der Waals surface area contributed by atoms with E-state index in [2.05, 4.69) is 4.98 Å². The number of hydrogen-bond donors (Lipinski definition) is 2. The van der Waals surface area contributed by atoms with Gasteiger partial charge in [-0.15, -0.1) is 0 Å². The van der Waals surface area contributed by atoms with E-state index in [4.69, 9.17) is 10.8 Å². The molecule has 3 N–H and O–H groups in total. The molecule has 1 aromatic heterocycles. The predicted octanol–water partition coefficient (Wildman–Crippen LogP) is -0.304. The van der Waals surface area contributed by atoms with Crippen molar-refractivity contribution >= 4 is 9.84 Å². The summed E-state index contributed by atoms with van der Waals surface area (Å²) in [6, 6.07) is 3.08. The molecule has 0 saturated carbocycles. The molecule has 0 spiro atoms. The molecule has 0 unspecified atom stereocenters. The largest absolute Gasteiger partial charge is 0.396 e. The fourth-order valence-electron chi connectivity index (χ4n) is 1.07. The molecule has 1 rings (SSSR count). The van der Waals surface area contributed by atoms with Crippen molar-refractivity contribution in [1.82, 2.24) is 4.98 Å². The summed E-state index contributed by atoms with van der Waals surface area (Å²) in [4.78, 5) is 3.82. The number of pyridine rings is 1. The van der Waals surface area contributed by atoms with E-state index in [1.165, 1.54) is 12.3 Å². The van der Waals surface area contributed by atoms with Crippen molar-refractivity contribution in [2.75, 3.05) is 12.4 Å². The van der Waals surface area contributed by atoms with Gasteiger partial charge in [-0.2, -0.15) is 0 Å². The molecule has 0 amide bonds. The predicted molar refractivity (Wildman–Crippen MR) is 55.9 cm³/mol. The zero-order valence-corrected chi connectivity index (χ0v) is 9.07. The summed E-state index contributed by atoms with van der Waals surface area (Å²) in [5.74, 6) is -0.0848. The number of nitrogens with two attached hydrogens (primary N) is 1. The fourth-order valence-corrected chi connectivity index (χ4v) is 2.28. The molecule has 6 heteroatoms. The van der Waals surface area contributed by atoms with Crippen molar-refractivity contribution in [3.63, 3.8) is 0 Å². The molecule has 0 fully saturated rings. The van der Waals surface area contributed by atoms with Crippen molar-refractivity contribution < 1.29 is 13.5 Å². The SMILES string of the molecule is NCc1ccc(S(=O)(=O)CCCO)nc1. The van der Waals surface area contributed by atoms with E-state index in [1.807, 2.05) is 0 Å². The topological polar surface area (TPSA) is 93.3 Å². The lowest BCUT2D eigenvalue weighted by molar-refractivity contribution is 0.295. The van der Waals surface area contributed by atoms with Gasteiger partial charge >= 0.3 is 0 Å². The Morgan fingerprint density at radius 2 is 2.13 bits per heavy atom. The van der Waals surface area contributed by atoms with Crippen molar-refractivity contribution in [2.45, 2.75) is 18.0 Å². The van der Waals surface area contributed by atoms with Gasteiger partial charge in [-0.25, -0.2) is 13.4 Å². The van der Waals surface area contributed by atoms with E-state index in [0.29, 0.717) is 6.54 Å². The van der Waals surface area contributed by atoms with Crippen LogP contribution in [-0.4, -0.2) is 30.9 Å². The summed E-state index contributed by atoms with van der Waals surface area (Å²) < 4.78 is 23.2. The Labute approximate surface area is 88.9 Å². The minimum atomic E-state index is -3.36. The second kappa shape index (κ2) is 5.20. The van der Waals surface area contributed by atoms with Crippen LogP contribution < -0.4 is 5.73 Å². The number of aromatic nitrogens is 1. The number of aliphatic hydroxyl groups excluding tert-OH is 1. The van der Waals surface area contributed by atoms with Gasteiger partial charge in [0.1, 0.15) is 0 Å². The average molecular weight is 230 g/mol. The summed E-state index contributed by atoms with van der Waals surface area (Å²) >= 11 is 0. The van der Waals surface area contributed by atoms with Crippen LogP contribution in [0, 0.1) is 0 Å². The summed E-state index contributed by atoms with van der Waals surface area (Å²) in [6.45, 7) is 0.198. The van der Waals surface area contributed by atoms with Gasteiger partial charge in [-0.3, -0.25) is 0 Å². The van der Waals surface area contributed by atoms with Crippen LogP contribution in [0.15, 0.2) is 23.4 Å². The maximum atomic E-state index is 11.6. The van der Waals surface area contributed by atoms with Crippen LogP contribution in [0.5, 0.6) is 0 Å². The summed E-state index contributed by atoms with van der Waals surface area (Å²) in [5, 5.41) is 8.59. The Morgan fingerprint density at radius 1 is 1.40 bits per heavy atom. The Bertz CT molecular complexity index is 400. The van der Waals surface area contributed by atoms with E-state index in [0.717, 1.165) is 5.56 Å². The van der Waals surface area contributed by atoms with Crippen LogP contribution in [0.1, 0.15) is 12.0 Å². The second-order valence-electron chi connectivity index (χ2n) is 3.10. The Morgan fingerprint density at radius 3 is 2.60 bits per heavy atom. The standard InChI is InChI=1S/C9H14N2O3S/c10-6-8-2-3-9(11-7-8)15(13,14)5-1-4-12/h2-3,7,12H,1,4-6,10H2. The Hall–Kier alpha value is -0.980. The van der Waals surface area contributed by atoms with Crippen molar-refractivity contribution in [3.8, 4) is 0 Å². The third-order valence-electron chi connectivity index (χ3n) is 1.92. The third-order valence-corrected chi connectivity index (χ3v) is 3.63. The number of nitrogens with zero attached hydrogens (tertiary/aromatic N) is 1. The quantitative estimate of drug-likeness (QED) is 0.724. The van der Waals surface area contributed by atoms with Gasteiger partial charge in [0.25, 0.3) is 0 Å². The molecular formula is C9H14N2O3S. The van der Waals surface area contributed by atoms with Crippen molar-refractivity contribution in [1.29, 1.82) is 0 Å². The second-order valence-corrected chi connectivity index (χ2v) is 5.16.